The number of hydrogen-bond donors (Lipinski definition) is 2. The maximum atomic E-state index is 11.8. The van der Waals surface area contributed by atoms with Gasteiger partial charge in [-0.2, -0.15) is 0 Å². The van der Waals surface area contributed by atoms with Gasteiger partial charge in [-0.05, 0) is 24.3 Å². The van der Waals surface area contributed by atoms with Gasteiger partial charge in [-0.1, -0.05) is 6.07 Å². The largest absolute Gasteiger partial charge is 0.478 e. The van der Waals surface area contributed by atoms with Gasteiger partial charge < -0.3 is 19.8 Å². The first-order chi connectivity index (χ1) is 9.19. The van der Waals surface area contributed by atoms with E-state index in [0.29, 0.717) is 19.3 Å². The SMILES string of the molecule is O=CC[C@@H]1CC[C@H](NC(=O)Cc2cccs2)B(O)O1. The normalized spacial score (nSPS) is 23.1. The highest BCUT2D eigenvalue weighted by Crippen LogP contribution is 2.18. The molecule has 2 N–H and O–H groups in total. The van der Waals surface area contributed by atoms with E-state index in [-0.39, 0.29) is 18.4 Å². The monoisotopic (exact) mass is 281 g/mol. The summed E-state index contributed by atoms with van der Waals surface area (Å²) in [5.41, 5.74) is 0. The number of thiophene rings is 1. The molecule has 0 saturated carbocycles. The third kappa shape index (κ3) is 4.16. The van der Waals surface area contributed by atoms with Gasteiger partial charge in [0, 0.05) is 17.4 Å². The van der Waals surface area contributed by atoms with Gasteiger partial charge in [-0.25, -0.2) is 0 Å². The van der Waals surface area contributed by atoms with Gasteiger partial charge in [-0.15, -0.1) is 11.3 Å². The number of carbonyl (C=O) groups is 2. The number of hydrogen-bond acceptors (Lipinski definition) is 5. The molecule has 1 aromatic rings. The number of nitrogens with one attached hydrogen (secondary N) is 1. The van der Waals surface area contributed by atoms with Crippen LogP contribution in [-0.4, -0.2) is 36.4 Å². The van der Waals surface area contributed by atoms with Gasteiger partial charge in [0.25, 0.3) is 0 Å². The van der Waals surface area contributed by atoms with Crippen LogP contribution in [0.25, 0.3) is 0 Å². The van der Waals surface area contributed by atoms with E-state index in [1.165, 1.54) is 11.3 Å². The van der Waals surface area contributed by atoms with E-state index in [2.05, 4.69) is 5.32 Å². The molecular formula is C12H16BNO4S. The molecule has 2 rings (SSSR count). The number of carbonyl (C=O) groups excluding carboxylic acids is 2. The summed E-state index contributed by atoms with van der Waals surface area (Å²) >= 11 is 1.53. The Morgan fingerprint density at radius 3 is 3.11 bits per heavy atom. The van der Waals surface area contributed by atoms with Crippen LogP contribution in [0.15, 0.2) is 17.5 Å². The third-order valence-electron chi connectivity index (χ3n) is 3.10. The Bertz CT molecular complexity index is 425. The van der Waals surface area contributed by atoms with Crippen LogP contribution >= 0.6 is 11.3 Å². The molecule has 0 spiro atoms. The molecule has 2 atom stereocenters. The summed E-state index contributed by atoms with van der Waals surface area (Å²) in [6.07, 6.45) is 2.44. The van der Waals surface area contributed by atoms with Crippen molar-refractivity contribution in [2.24, 2.45) is 0 Å². The lowest BCUT2D eigenvalue weighted by Crippen LogP contribution is -2.53. The Kier molecular flexibility index (Phi) is 5.12. The van der Waals surface area contributed by atoms with Crippen LogP contribution < -0.4 is 5.32 Å². The molecule has 2 heterocycles. The second-order valence-corrected chi connectivity index (χ2v) is 5.59. The van der Waals surface area contributed by atoms with Gasteiger partial charge in [0.05, 0.1) is 12.4 Å². The number of aldehydes is 1. The summed E-state index contributed by atoms with van der Waals surface area (Å²) in [5, 5.41) is 14.5. The van der Waals surface area contributed by atoms with Crippen molar-refractivity contribution in [1.29, 1.82) is 0 Å². The lowest BCUT2D eigenvalue weighted by Gasteiger charge is -2.30. The summed E-state index contributed by atoms with van der Waals surface area (Å²) in [5.74, 6) is -0.515. The molecule has 0 unspecified atom stereocenters. The molecule has 0 radical (unpaired) electrons. The van der Waals surface area contributed by atoms with Crippen LogP contribution in [0.5, 0.6) is 0 Å². The van der Waals surface area contributed by atoms with Crippen molar-refractivity contribution in [1.82, 2.24) is 5.32 Å². The summed E-state index contributed by atoms with van der Waals surface area (Å²) in [6.45, 7) is 0. The maximum Gasteiger partial charge on any atom is 0.478 e. The van der Waals surface area contributed by atoms with Gasteiger partial charge >= 0.3 is 7.12 Å². The Morgan fingerprint density at radius 2 is 2.47 bits per heavy atom. The van der Waals surface area contributed by atoms with Crippen molar-refractivity contribution in [2.75, 3.05) is 0 Å². The average Bonchev–Trinajstić information content (AvgIpc) is 2.86. The summed E-state index contributed by atoms with van der Waals surface area (Å²) in [6, 6.07) is 3.80. The highest BCUT2D eigenvalue weighted by Gasteiger charge is 2.35. The smallest absolute Gasteiger partial charge is 0.426 e. The Balaban J connectivity index is 1.79. The number of amides is 1. The van der Waals surface area contributed by atoms with Crippen molar-refractivity contribution in [3.05, 3.63) is 22.4 Å². The topological polar surface area (TPSA) is 75.6 Å². The van der Waals surface area contributed by atoms with Crippen molar-refractivity contribution < 1.29 is 19.3 Å². The molecule has 19 heavy (non-hydrogen) atoms. The fourth-order valence-corrected chi connectivity index (χ4v) is 2.82. The predicted octanol–water partition coefficient (Wildman–Crippen LogP) is 0.563. The molecule has 1 fully saturated rings. The Labute approximate surface area is 116 Å². The van der Waals surface area contributed by atoms with Crippen LogP contribution in [-0.2, 0) is 20.7 Å². The van der Waals surface area contributed by atoms with E-state index < -0.39 is 13.1 Å². The Hall–Kier alpha value is -1.18. The molecule has 0 aromatic carbocycles. The molecule has 5 nitrogen and oxygen atoms in total. The summed E-state index contributed by atoms with van der Waals surface area (Å²) in [7, 11) is -1.04. The van der Waals surface area contributed by atoms with E-state index in [1.54, 1.807) is 0 Å². The molecule has 0 bridgehead atoms. The lowest BCUT2D eigenvalue weighted by atomic mass is 9.72. The van der Waals surface area contributed by atoms with Crippen LogP contribution in [0.2, 0.25) is 0 Å². The lowest BCUT2D eigenvalue weighted by molar-refractivity contribution is -0.121. The Morgan fingerprint density at radius 1 is 1.63 bits per heavy atom. The van der Waals surface area contributed by atoms with E-state index in [9.17, 15) is 14.6 Å². The zero-order chi connectivity index (χ0) is 13.7. The van der Waals surface area contributed by atoms with Gasteiger partial charge in [-0.3, -0.25) is 4.79 Å². The van der Waals surface area contributed by atoms with Crippen LogP contribution in [0.3, 0.4) is 0 Å². The van der Waals surface area contributed by atoms with Crippen molar-refractivity contribution in [3.8, 4) is 0 Å². The molecule has 1 aliphatic heterocycles. The zero-order valence-electron chi connectivity index (χ0n) is 10.5. The quantitative estimate of drug-likeness (QED) is 0.611. The first kappa shape index (κ1) is 14.2. The van der Waals surface area contributed by atoms with E-state index >= 15 is 0 Å². The minimum Gasteiger partial charge on any atom is -0.426 e. The van der Waals surface area contributed by atoms with Crippen LogP contribution in [0, 0.1) is 0 Å². The third-order valence-corrected chi connectivity index (χ3v) is 3.97. The standard InChI is InChI=1S/C12H16BNO4S/c15-6-5-9-3-4-11(13(17)18-9)14-12(16)8-10-2-1-7-19-10/h1-2,6-7,9,11,17H,3-5,8H2,(H,14,16)/t9-,11-/m0/s1. The zero-order valence-corrected chi connectivity index (χ0v) is 11.3. The summed E-state index contributed by atoms with van der Waals surface area (Å²) in [4.78, 5) is 23.2. The molecule has 0 aliphatic carbocycles. The van der Waals surface area contributed by atoms with Gasteiger partial charge in [0.2, 0.25) is 5.91 Å². The van der Waals surface area contributed by atoms with Crippen LogP contribution in [0.4, 0.5) is 0 Å². The minimum atomic E-state index is -1.04. The van der Waals surface area contributed by atoms with Gasteiger partial charge in [0.15, 0.2) is 0 Å². The van der Waals surface area contributed by atoms with Crippen molar-refractivity contribution in [2.45, 2.75) is 37.7 Å². The highest BCUT2D eigenvalue weighted by molar-refractivity contribution is 7.10. The van der Waals surface area contributed by atoms with Crippen molar-refractivity contribution in [3.63, 3.8) is 0 Å². The average molecular weight is 281 g/mol. The molecule has 7 heteroatoms. The van der Waals surface area contributed by atoms with Crippen LogP contribution in [0.1, 0.15) is 24.1 Å². The second kappa shape index (κ2) is 6.84. The highest BCUT2D eigenvalue weighted by atomic mass is 32.1. The minimum absolute atomic E-state index is 0.121. The van der Waals surface area contributed by atoms with E-state index in [4.69, 9.17) is 4.65 Å². The number of rotatable bonds is 5. The maximum absolute atomic E-state index is 11.8. The molecule has 1 saturated heterocycles. The molecule has 1 aliphatic rings. The molecule has 1 aromatic heterocycles. The molecular weight excluding hydrogens is 265 g/mol. The molecule has 102 valence electrons. The second-order valence-electron chi connectivity index (χ2n) is 4.56. The van der Waals surface area contributed by atoms with Gasteiger partial charge in [0.1, 0.15) is 6.29 Å². The first-order valence-electron chi connectivity index (χ1n) is 6.28. The van der Waals surface area contributed by atoms with E-state index in [0.717, 1.165) is 11.2 Å². The fourth-order valence-electron chi connectivity index (χ4n) is 2.12. The van der Waals surface area contributed by atoms with Crippen molar-refractivity contribution >= 4 is 30.6 Å². The predicted molar refractivity (Wildman–Crippen MR) is 72.7 cm³/mol. The fraction of sp³-hybridized carbons (Fsp3) is 0.500. The van der Waals surface area contributed by atoms with E-state index in [1.807, 2.05) is 17.5 Å². The summed E-state index contributed by atoms with van der Waals surface area (Å²) < 4.78 is 5.29. The molecule has 1 amide bonds. The first-order valence-corrected chi connectivity index (χ1v) is 7.16.